The maximum atomic E-state index is 11.8. The molecule has 0 saturated heterocycles. The largest absolute Gasteiger partial charge is 0.480 e. The van der Waals surface area contributed by atoms with Crippen molar-refractivity contribution < 1.29 is 24.2 Å². The fourth-order valence-electron chi connectivity index (χ4n) is 1.44. The van der Waals surface area contributed by atoms with Gasteiger partial charge in [0.05, 0.1) is 5.02 Å². The van der Waals surface area contributed by atoms with Crippen LogP contribution < -0.4 is 14.8 Å². The van der Waals surface area contributed by atoms with Gasteiger partial charge in [0.25, 0.3) is 5.91 Å². The molecule has 0 bridgehead atoms. The van der Waals surface area contributed by atoms with E-state index in [0.717, 1.165) is 0 Å². The maximum Gasteiger partial charge on any atom is 0.325 e. The Hall–Kier alpha value is -1.95. The average molecular weight is 272 g/mol. The summed E-state index contributed by atoms with van der Waals surface area (Å²) < 4.78 is 10.2. The molecule has 0 aliphatic carbocycles. The van der Waals surface area contributed by atoms with Crippen molar-refractivity contribution in [2.45, 2.75) is 13.0 Å². The Morgan fingerprint density at radius 1 is 1.44 bits per heavy atom. The molecule has 0 spiro atoms. The number of carbonyl (C=O) groups is 2. The first-order valence-corrected chi connectivity index (χ1v) is 5.49. The lowest BCUT2D eigenvalue weighted by molar-refractivity contribution is -0.138. The van der Waals surface area contributed by atoms with Crippen LogP contribution in [0, 0.1) is 0 Å². The highest BCUT2D eigenvalue weighted by molar-refractivity contribution is 6.32. The molecule has 1 aliphatic rings. The Morgan fingerprint density at radius 2 is 2.17 bits per heavy atom. The van der Waals surface area contributed by atoms with Gasteiger partial charge in [-0.25, -0.2) is 0 Å². The molecule has 1 amide bonds. The second kappa shape index (κ2) is 4.73. The number of carboxylic acids is 1. The lowest BCUT2D eigenvalue weighted by Gasteiger charge is -2.10. The number of fused-ring (bicyclic) bond motifs is 1. The highest BCUT2D eigenvalue weighted by Gasteiger charge is 2.22. The number of hydrogen-bond donors (Lipinski definition) is 2. The monoisotopic (exact) mass is 271 g/mol. The summed E-state index contributed by atoms with van der Waals surface area (Å²) in [6.07, 6.45) is 0. The molecule has 96 valence electrons. The standard InChI is InChI=1S/C11H10ClNO5/c1-5(11(15)16)13-10(14)6-2-7(12)9-8(3-6)17-4-18-9/h2-3,5H,4H2,1H3,(H,13,14)(H,15,16)/t5-/m0/s1. The lowest BCUT2D eigenvalue weighted by Crippen LogP contribution is -2.38. The molecule has 1 aromatic rings. The molecular weight excluding hydrogens is 262 g/mol. The van der Waals surface area contributed by atoms with Crippen molar-refractivity contribution in [3.8, 4) is 11.5 Å². The van der Waals surface area contributed by atoms with E-state index in [2.05, 4.69) is 5.32 Å². The molecule has 7 heteroatoms. The van der Waals surface area contributed by atoms with Gasteiger partial charge in [-0.1, -0.05) is 11.6 Å². The van der Waals surface area contributed by atoms with Gasteiger partial charge in [-0.3, -0.25) is 9.59 Å². The Bertz CT molecular complexity index is 516. The highest BCUT2D eigenvalue weighted by atomic mass is 35.5. The van der Waals surface area contributed by atoms with Crippen LogP contribution in [0.25, 0.3) is 0 Å². The number of nitrogens with one attached hydrogen (secondary N) is 1. The first-order chi connectivity index (χ1) is 8.49. The molecule has 1 aliphatic heterocycles. The number of amides is 1. The minimum atomic E-state index is -1.12. The minimum Gasteiger partial charge on any atom is -0.480 e. The fraction of sp³-hybridized carbons (Fsp3) is 0.273. The second-order valence-electron chi connectivity index (χ2n) is 3.73. The molecule has 1 atom stereocenters. The zero-order chi connectivity index (χ0) is 13.3. The number of halogens is 1. The average Bonchev–Trinajstić information content (AvgIpc) is 2.77. The first-order valence-electron chi connectivity index (χ1n) is 5.12. The summed E-state index contributed by atoms with van der Waals surface area (Å²) in [7, 11) is 0. The van der Waals surface area contributed by atoms with Gasteiger partial charge in [0, 0.05) is 5.56 Å². The summed E-state index contributed by atoms with van der Waals surface area (Å²) in [6.45, 7) is 1.42. The summed E-state index contributed by atoms with van der Waals surface area (Å²) in [5.74, 6) is -0.893. The molecule has 6 nitrogen and oxygen atoms in total. The molecule has 0 saturated carbocycles. The third-order valence-electron chi connectivity index (χ3n) is 2.41. The summed E-state index contributed by atoms with van der Waals surface area (Å²) in [5.41, 5.74) is 0.220. The van der Waals surface area contributed by atoms with E-state index >= 15 is 0 Å². The number of hydrogen-bond acceptors (Lipinski definition) is 4. The molecule has 2 N–H and O–H groups in total. The quantitative estimate of drug-likeness (QED) is 0.865. The van der Waals surface area contributed by atoms with Crippen LogP contribution in [0.5, 0.6) is 11.5 Å². The van der Waals surface area contributed by atoms with Gasteiger partial charge < -0.3 is 19.9 Å². The number of rotatable bonds is 3. The SMILES string of the molecule is C[C@H](NC(=O)c1cc(Cl)c2c(c1)OCO2)C(=O)O. The molecule has 0 unspecified atom stereocenters. The Morgan fingerprint density at radius 3 is 2.83 bits per heavy atom. The van der Waals surface area contributed by atoms with E-state index in [1.807, 2.05) is 0 Å². The second-order valence-corrected chi connectivity index (χ2v) is 4.13. The van der Waals surface area contributed by atoms with E-state index in [4.69, 9.17) is 26.2 Å². The summed E-state index contributed by atoms with van der Waals surface area (Å²) >= 11 is 5.92. The smallest absolute Gasteiger partial charge is 0.325 e. The van der Waals surface area contributed by atoms with E-state index in [0.29, 0.717) is 11.5 Å². The number of aliphatic carboxylic acids is 1. The van der Waals surface area contributed by atoms with E-state index in [1.54, 1.807) is 0 Å². The van der Waals surface area contributed by atoms with Crippen LogP contribution in [-0.2, 0) is 4.79 Å². The maximum absolute atomic E-state index is 11.8. The van der Waals surface area contributed by atoms with Crippen LogP contribution in [0.1, 0.15) is 17.3 Å². The highest BCUT2D eigenvalue weighted by Crippen LogP contribution is 2.39. The summed E-state index contributed by atoms with van der Waals surface area (Å²) in [6, 6.07) is 1.87. The van der Waals surface area contributed by atoms with Gasteiger partial charge in [0.1, 0.15) is 6.04 Å². The molecule has 0 aromatic heterocycles. The van der Waals surface area contributed by atoms with E-state index in [1.165, 1.54) is 19.1 Å². The molecule has 0 fully saturated rings. The number of carbonyl (C=O) groups excluding carboxylic acids is 1. The van der Waals surface area contributed by atoms with E-state index in [-0.39, 0.29) is 17.4 Å². The summed E-state index contributed by atoms with van der Waals surface area (Å²) in [5, 5.41) is 11.3. The topological polar surface area (TPSA) is 84.9 Å². The first kappa shape index (κ1) is 12.5. The van der Waals surface area contributed by atoms with Crippen molar-refractivity contribution in [1.82, 2.24) is 5.32 Å². The molecule has 18 heavy (non-hydrogen) atoms. The van der Waals surface area contributed by atoms with Gasteiger partial charge in [0.15, 0.2) is 11.5 Å². The van der Waals surface area contributed by atoms with Crippen LogP contribution in [0.2, 0.25) is 5.02 Å². The van der Waals surface area contributed by atoms with Crippen LogP contribution >= 0.6 is 11.6 Å². The van der Waals surface area contributed by atoms with Crippen molar-refractivity contribution in [1.29, 1.82) is 0 Å². The van der Waals surface area contributed by atoms with Crippen LogP contribution in [0.15, 0.2) is 12.1 Å². The van der Waals surface area contributed by atoms with Gasteiger partial charge in [-0.05, 0) is 19.1 Å². The Balaban J connectivity index is 2.21. The van der Waals surface area contributed by atoms with Gasteiger partial charge >= 0.3 is 5.97 Å². The van der Waals surface area contributed by atoms with Gasteiger partial charge in [0.2, 0.25) is 6.79 Å². The number of ether oxygens (including phenoxy) is 2. The Kier molecular flexibility index (Phi) is 3.29. The zero-order valence-electron chi connectivity index (χ0n) is 9.40. The fourth-order valence-corrected chi connectivity index (χ4v) is 1.71. The molecule has 1 heterocycles. The molecule has 2 rings (SSSR count). The van der Waals surface area contributed by atoms with Crippen LogP contribution in [-0.4, -0.2) is 29.8 Å². The van der Waals surface area contributed by atoms with Crippen molar-refractivity contribution in [2.75, 3.05) is 6.79 Å². The molecule has 0 radical (unpaired) electrons. The lowest BCUT2D eigenvalue weighted by atomic mass is 10.1. The number of benzene rings is 1. The summed E-state index contributed by atoms with van der Waals surface area (Å²) in [4.78, 5) is 22.4. The molecular formula is C11H10ClNO5. The third kappa shape index (κ3) is 2.33. The normalized spacial score (nSPS) is 14.1. The van der Waals surface area contributed by atoms with Gasteiger partial charge in [-0.2, -0.15) is 0 Å². The van der Waals surface area contributed by atoms with Crippen molar-refractivity contribution in [2.24, 2.45) is 0 Å². The Labute approximate surface area is 107 Å². The van der Waals surface area contributed by atoms with Crippen LogP contribution in [0.4, 0.5) is 0 Å². The van der Waals surface area contributed by atoms with Gasteiger partial charge in [-0.15, -0.1) is 0 Å². The van der Waals surface area contributed by atoms with E-state index < -0.39 is 17.9 Å². The minimum absolute atomic E-state index is 0.0473. The number of carboxylic acid groups (broad SMARTS) is 1. The van der Waals surface area contributed by atoms with Crippen molar-refractivity contribution in [3.05, 3.63) is 22.7 Å². The van der Waals surface area contributed by atoms with Crippen LogP contribution in [0.3, 0.4) is 0 Å². The van der Waals surface area contributed by atoms with Crippen molar-refractivity contribution in [3.63, 3.8) is 0 Å². The zero-order valence-corrected chi connectivity index (χ0v) is 10.2. The van der Waals surface area contributed by atoms with E-state index in [9.17, 15) is 9.59 Å². The molecule has 1 aromatic carbocycles. The predicted molar refractivity (Wildman–Crippen MR) is 62.1 cm³/mol. The van der Waals surface area contributed by atoms with Crippen molar-refractivity contribution >= 4 is 23.5 Å². The predicted octanol–water partition coefficient (Wildman–Crippen LogP) is 1.27. The third-order valence-corrected chi connectivity index (χ3v) is 2.69.